The van der Waals surface area contributed by atoms with E-state index >= 15 is 0 Å². The van der Waals surface area contributed by atoms with Gasteiger partial charge >= 0.3 is 11.9 Å². The summed E-state index contributed by atoms with van der Waals surface area (Å²) in [5.74, 6) is -6.20. The highest BCUT2D eigenvalue weighted by Gasteiger charge is 2.54. The van der Waals surface area contributed by atoms with E-state index < -0.39 is 63.9 Å². The summed E-state index contributed by atoms with van der Waals surface area (Å²) in [4.78, 5) is 74.9. The van der Waals surface area contributed by atoms with Crippen LogP contribution in [0.5, 0.6) is 11.5 Å². The van der Waals surface area contributed by atoms with Gasteiger partial charge in [-0.1, -0.05) is 16.8 Å². The number of β-lactam (4-membered cyclic amide) rings is 1. The van der Waals surface area contributed by atoms with Crippen molar-refractivity contribution >= 4 is 75.2 Å². The number of nitrogens with one attached hydrogen (secondary N) is 1. The third-order valence-electron chi connectivity index (χ3n) is 6.74. The second kappa shape index (κ2) is 12.8. The number of fused-ring (bicyclic) bond motifs is 1. The molecule has 2 aliphatic rings. The highest BCUT2D eigenvalue weighted by Crippen LogP contribution is 2.41. The van der Waals surface area contributed by atoms with Crippen LogP contribution in [-0.2, 0) is 24.0 Å². The van der Waals surface area contributed by atoms with Gasteiger partial charge in [0, 0.05) is 29.8 Å². The van der Waals surface area contributed by atoms with Crippen LogP contribution in [0, 0.1) is 0 Å². The Hall–Kier alpha value is -4.55. The van der Waals surface area contributed by atoms with Crippen LogP contribution in [-0.4, -0.2) is 106 Å². The number of carbonyl (C=O) groups is 5. The lowest BCUT2D eigenvalue weighted by atomic mass is 10.0. The Morgan fingerprint density at radius 2 is 1.96 bits per heavy atom. The quantitative estimate of drug-likeness (QED) is 0.0847. The Kier molecular flexibility index (Phi) is 9.50. The molecule has 0 saturated carbocycles. The first-order chi connectivity index (χ1) is 21.1. The topological polar surface area (TPSA) is 245 Å². The van der Waals surface area contributed by atoms with E-state index in [1.807, 2.05) is 0 Å². The molecule has 3 amide bonds. The Balaban J connectivity index is 1.56. The Morgan fingerprint density at radius 3 is 2.51 bits per heavy atom. The summed E-state index contributed by atoms with van der Waals surface area (Å²) in [5, 5.41) is 45.6. The van der Waals surface area contributed by atoms with Gasteiger partial charge in [0.25, 0.3) is 17.7 Å². The molecule has 7 N–H and O–H groups in total. The summed E-state index contributed by atoms with van der Waals surface area (Å²) in [5.41, 5.74) is 3.24. The number of oxime groups is 1. The first kappa shape index (κ1) is 33.3. The maximum Gasteiger partial charge on any atom is 0.352 e. The number of anilines is 1. The van der Waals surface area contributed by atoms with Crippen LogP contribution in [0.2, 0.25) is 5.02 Å². The number of benzene rings is 1. The average Bonchev–Trinajstić information content (AvgIpc) is 3.41. The van der Waals surface area contributed by atoms with Gasteiger partial charge in [-0.05, 0) is 38.5 Å². The smallest absolute Gasteiger partial charge is 0.352 e. The molecule has 1 fully saturated rings. The minimum atomic E-state index is -1.81. The number of nitrogen functional groups attached to an aromatic ring is 1. The fraction of sp³-hybridized carbons (Fsp3) is 0.346. The minimum Gasteiger partial charge on any atom is -0.504 e. The van der Waals surface area contributed by atoms with Crippen molar-refractivity contribution < 1.29 is 49.2 Å². The van der Waals surface area contributed by atoms with Crippen molar-refractivity contribution in [3.63, 3.8) is 0 Å². The number of thiazole rings is 1. The number of aromatic nitrogens is 1. The van der Waals surface area contributed by atoms with Crippen molar-refractivity contribution in [2.75, 3.05) is 24.6 Å². The van der Waals surface area contributed by atoms with E-state index in [-0.39, 0.29) is 51.5 Å². The lowest BCUT2D eigenvalue weighted by molar-refractivity contribution is -0.161. The summed E-state index contributed by atoms with van der Waals surface area (Å²) in [6, 6.07) is 1.01. The maximum atomic E-state index is 13.3. The number of carbonyl (C=O) groups excluding carboxylic acids is 3. The zero-order valence-electron chi connectivity index (χ0n) is 23.8. The van der Waals surface area contributed by atoms with Crippen molar-refractivity contribution in [2.24, 2.45) is 5.16 Å². The number of nitrogens with zero attached hydrogens (tertiary/aromatic N) is 4. The van der Waals surface area contributed by atoms with Gasteiger partial charge in [-0.3, -0.25) is 19.3 Å². The van der Waals surface area contributed by atoms with Crippen LogP contribution >= 0.6 is 34.7 Å². The molecular weight excluding hydrogens is 656 g/mol. The van der Waals surface area contributed by atoms with E-state index in [1.54, 1.807) is 6.92 Å². The molecule has 1 aromatic carbocycles. The fourth-order valence-corrected chi connectivity index (χ4v) is 6.36. The van der Waals surface area contributed by atoms with Crippen LogP contribution in [0.4, 0.5) is 5.13 Å². The lowest BCUT2D eigenvalue weighted by Gasteiger charge is -2.49. The molecular formula is C26H27ClN6O10S2. The van der Waals surface area contributed by atoms with Crippen LogP contribution in [0.15, 0.2) is 33.9 Å². The van der Waals surface area contributed by atoms with Crippen molar-refractivity contribution in [1.82, 2.24) is 20.1 Å². The van der Waals surface area contributed by atoms with Crippen LogP contribution in [0.1, 0.15) is 36.8 Å². The third kappa shape index (κ3) is 6.62. The van der Waals surface area contributed by atoms with Crippen LogP contribution in [0.25, 0.3) is 0 Å². The van der Waals surface area contributed by atoms with Crippen molar-refractivity contribution in [1.29, 1.82) is 0 Å². The average molecular weight is 683 g/mol. The van der Waals surface area contributed by atoms with E-state index in [9.17, 15) is 44.4 Å². The third-order valence-corrected chi connectivity index (χ3v) is 9.04. The van der Waals surface area contributed by atoms with Gasteiger partial charge in [0.2, 0.25) is 5.60 Å². The lowest BCUT2D eigenvalue weighted by Crippen LogP contribution is -2.71. The van der Waals surface area contributed by atoms with E-state index in [2.05, 4.69) is 15.5 Å². The summed E-state index contributed by atoms with van der Waals surface area (Å²) >= 11 is 8.03. The monoisotopic (exact) mass is 682 g/mol. The number of thioether (sulfide) groups is 1. The number of nitrogens with two attached hydrogens (primary N) is 1. The number of hydrogen-bond acceptors (Lipinski definition) is 13. The molecule has 19 heteroatoms. The van der Waals surface area contributed by atoms with E-state index in [0.717, 1.165) is 40.1 Å². The van der Waals surface area contributed by atoms with Gasteiger partial charge < -0.3 is 41.2 Å². The number of amides is 3. The van der Waals surface area contributed by atoms with Gasteiger partial charge in [0.1, 0.15) is 22.8 Å². The highest BCUT2D eigenvalue weighted by molar-refractivity contribution is 8.00. The molecule has 240 valence electrons. The molecule has 4 rings (SSSR count). The second-order valence-corrected chi connectivity index (χ2v) is 12.6. The molecule has 0 bridgehead atoms. The minimum absolute atomic E-state index is 0.0305. The number of carboxylic acids is 2. The van der Waals surface area contributed by atoms with Crippen molar-refractivity contribution in [2.45, 2.75) is 37.8 Å². The van der Waals surface area contributed by atoms with Crippen molar-refractivity contribution in [3.8, 4) is 11.5 Å². The number of aliphatic carboxylic acids is 2. The zero-order chi connectivity index (χ0) is 33.4. The van der Waals surface area contributed by atoms with Gasteiger partial charge in [-0.15, -0.1) is 23.1 Å². The number of rotatable bonds is 11. The number of aromatic hydroxyl groups is 2. The number of hydrogen-bond donors (Lipinski definition) is 6. The normalized spacial score (nSPS) is 18.2. The van der Waals surface area contributed by atoms with Gasteiger partial charge in [-0.2, -0.15) is 0 Å². The number of carboxylic acid groups (broad SMARTS) is 2. The van der Waals surface area contributed by atoms with E-state index in [1.165, 1.54) is 24.1 Å². The first-order valence-corrected chi connectivity index (χ1v) is 15.3. The predicted octanol–water partition coefficient (Wildman–Crippen LogP) is 1.27. The van der Waals surface area contributed by atoms with Gasteiger partial charge in [-0.25, -0.2) is 14.6 Å². The number of phenols is 2. The number of halogens is 1. The summed E-state index contributed by atoms with van der Waals surface area (Å²) < 4.78 is 0. The Labute approximate surface area is 268 Å². The zero-order valence-corrected chi connectivity index (χ0v) is 26.2. The Bertz CT molecular complexity index is 1630. The second-order valence-electron chi connectivity index (χ2n) is 10.2. The number of phenolic OH excluding ortho intramolecular Hbond substituents is 2. The van der Waals surface area contributed by atoms with Crippen LogP contribution < -0.4 is 11.1 Å². The molecule has 1 aromatic heterocycles. The molecule has 45 heavy (non-hydrogen) atoms. The molecule has 1 unspecified atom stereocenters. The van der Waals surface area contributed by atoms with Crippen LogP contribution in [0.3, 0.4) is 0 Å². The molecule has 16 nitrogen and oxygen atoms in total. The highest BCUT2D eigenvalue weighted by atomic mass is 35.5. The molecule has 2 aliphatic heterocycles. The molecule has 0 aliphatic carbocycles. The molecule has 2 atom stereocenters. The van der Waals surface area contributed by atoms with E-state index in [0.29, 0.717) is 0 Å². The maximum absolute atomic E-state index is 13.3. The summed E-state index contributed by atoms with van der Waals surface area (Å²) in [7, 11) is 0. The largest absolute Gasteiger partial charge is 0.504 e. The standard InChI is InChI=1S/C26H27ClN6O10S2/c1-4-32(20(37)10-5-12(27)18(35)14(34)6-10)7-11-8-44-22-16(21(38)33(22)17(11)23(39)40)30-19(36)15(13-9-45-25(28)29-13)31-43-26(2,3)24(41)42/h5-6,9,16,22,34-35H,4,7-8H2,1-3H3,(H2,28,29)(H,30,36)(H,39,40)(H,41,42)/b31-15-/t16-,22?/m1/s1. The molecule has 1 saturated heterocycles. The summed E-state index contributed by atoms with van der Waals surface area (Å²) in [6.07, 6.45) is 0. The fourth-order valence-electron chi connectivity index (χ4n) is 4.26. The SMILES string of the molecule is CCN(CC1=C(C(=O)O)N2C(=O)[C@@H](NC(=O)/C(=N\OC(C)(C)C(=O)O)c3csc(N)n3)C2SC1)C(=O)c1cc(O)c(O)c(Cl)c1. The molecule has 3 heterocycles. The number of likely N-dealkylation sites (N-methyl/N-ethyl adjacent to an activating group) is 1. The van der Waals surface area contributed by atoms with E-state index in [4.69, 9.17) is 22.2 Å². The molecule has 0 radical (unpaired) electrons. The molecule has 0 spiro atoms. The van der Waals surface area contributed by atoms with Crippen molar-refractivity contribution in [3.05, 3.63) is 45.1 Å². The molecule has 2 aromatic rings. The van der Waals surface area contributed by atoms with Gasteiger partial charge in [0.05, 0.1) is 5.02 Å². The predicted molar refractivity (Wildman–Crippen MR) is 162 cm³/mol. The summed E-state index contributed by atoms with van der Waals surface area (Å²) in [6.45, 7) is 4.01. The first-order valence-electron chi connectivity index (χ1n) is 13.0. The van der Waals surface area contributed by atoms with Gasteiger partial charge in [0.15, 0.2) is 22.3 Å². The Morgan fingerprint density at radius 1 is 1.27 bits per heavy atom.